The van der Waals surface area contributed by atoms with Crippen LogP contribution < -0.4 is 0 Å². The molecule has 2 nitrogen and oxygen atoms in total. The Hall–Kier alpha value is -1.87. The highest BCUT2D eigenvalue weighted by molar-refractivity contribution is 7.13. The molecule has 0 amide bonds. The summed E-state index contributed by atoms with van der Waals surface area (Å²) in [6.45, 7) is 0.948. The Labute approximate surface area is 103 Å². The number of rotatable bonds is 1. The molecule has 3 aromatic rings. The number of hydrogen-bond donors (Lipinski definition) is 0. The minimum Gasteiger partial charge on any atom is -0.326 e. The maximum atomic E-state index is 4.75. The predicted octanol–water partition coefficient (Wildman–Crippen LogP) is 3.64. The quantitative estimate of drug-likeness (QED) is 0.495. The second-order valence-corrected chi connectivity index (χ2v) is 5.16. The Kier molecular flexibility index (Phi) is 1.79. The molecule has 4 rings (SSSR count). The summed E-state index contributed by atoms with van der Waals surface area (Å²) in [5.74, 6) is 1.10. The lowest BCUT2D eigenvalue weighted by Crippen LogP contribution is -1.88. The summed E-state index contributed by atoms with van der Waals surface area (Å²) in [7, 11) is 0. The molecule has 1 aliphatic rings. The van der Waals surface area contributed by atoms with Crippen molar-refractivity contribution in [1.82, 2.24) is 9.55 Å². The van der Waals surface area contributed by atoms with E-state index >= 15 is 0 Å². The molecule has 0 saturated heterocycles. The zero-order chi connectivity index (χ0) is 11.2. The monoisotopic (exact) mass is 238 g/mol. The maximum absolute atomic E-state index is 4.75. The fourth-order valence-corrected chi connectivity index (χ4v) is 3.03. The highest BCUT2D eigenvalue weighted by Crippen LogP contribution is 2.34. The lowest BCUT2D eigenvalue weighted by atomic mass is 10.1. The first kappa shape index (κ1) is 9.19. The van der Waals surface area contributed by atoms with Gasteiger partial charge in [-0.15, -0.1) is 11.3 Å². The maximum Gasteiger partial charge on any atom is 0.141 e. The molecule has 0 N–H and O–H groups in total. The van der Waals surface area contributed by atoms with Gasteiger partial charge in [0.15, 0.2) is 0 Å². The van der Waals surface area contributed by atoms with Crippen molar-refractivity contribution in [1.29, 1.82) is 0 Å². The van der Waals surface area contributed by atoms with Crippen LogP contribution in [0.1, 0.15) is 5.56 Å². The summed E-state index contributed by atoms with van der Waals surface area (Å²) < 4.78 is 2.24. The first-order valence-electron chi connectivity index (χ1n) is 5.61. The topological polar surface area (TPSA) is 17.8 Å². The van der Waals surface area contributed by atoms with Crippen LogP contribution in [0, 0.1) is 0 Å². The molecule has 0 aliphatic carbocycles. The van der Waals surface area contributed by atoms with Crippen molar-refractivity contribution < 1.29 is 0 Å². The van der Waals surface area contributed by atoms with Crippen LogP contribution in [0.2, 0.25) is 0 Å². The highest BCUT2D eigenvalue weighted by atomic mass is 32.1. The van der Waals surface area contributed by atoms with E-state index in [1.54, 1.807) is 11.3 Å². The molecule has 2 aromatic heterocycles. The second kappa shape index (κ2) is 3.31. The highest BCUT2D eigenvalue weighted by Gasteiger charge is 2.20. The van der Waals surface area contributed by atoms with E-state index in [2.05, 4.69) is 52.5 Å². The average Bonchev–Trinajstić information content (AvgIpc) is 3.03. The Morgan fingerprint density at radius 3 is 2.94 bits per heavy atom. The molecule has 0 spiro atoms. The smallest absolute Gasteiger partial charge is 0.141 e. The van der Waals surface area contributed by atoms with Gasteiger partial charge in [0, 0.05) is 18.3 Å². The third-order valence-corrected chi connectivity index (χ3v) is 4.04. The normalized spacial score (nSPS) is 12.5. The average molecular weight is 238 g/mol. The van der Waals surface area contributed by atoms with Gasteiger partial charge >= 0.3 is 0 Å². The van der Waals surface area contributed by atoms with E-state index in [1.807, 2.05) is 0 Å². The molecule has 3 heterocycles. The van der Waals surface area contributed by atoms with Gasteiger partial charge in [0.05, 0.1) is 10.6 Å². The SMILES string of the molecule is c1csc(-c2cn3c(n2)-c2ccccc2C3)c1. The van der Waals surface area contributed by atoms with Crippen LogP contribution in [0.5, 0.6) is 0 Å². The van der Waals surface area contributed by atoms with E-state index in [-0.39, 0.29) is 0 Å². The number of imidazole rings is 1. The summed E-state index contributed by atoms with van der Waals surface area (Å²) in [5.41, 5.74) is 3.73. The lowest BCUT2D eigenvalue weighted by Gasteiger charge is -1.96. The molecule has 82 valence electrons. The first-order chi connectivity index (χ1) is 8.42. The van der Waals surface area contributed by atoms with E-state index in [1.165, 1.54) is 16.0 Å². The number of hydrogen-bond acceptors (Lipinski definition) is 2. The van der Waals surface area contributed by atoms with E-state index in [9.17, 15) is 0 Å². The molecule has 0 fully saturated rings. The van der Waals surface area contributed by atoms with E-state index < -0.39 is 0 Å². The van der Waals surface area contributed by atoms with Crippen molar-refractivity contribution >= 4 is 11.3 Å². The zero-order valence-electron chi connectivity index (χ0n) is 9.13. The molecule has 0 atom stereocenters. The molecule has 3 heteroatoms. The van der Waals surface area contributed by atoms with Crippen molar-refractivity contribution in [2.75, 3.05) is 0 Å². The van der Waals surface area contributed by atoms with Crippen molar-refractivity contribution in [3.05, 3.63) is 53.5 Å². The third-order valence-electron chi connectivity index (χ3n) is 3.15. The molecule has 0 radical (unpaired) electrons. The van der Waals surface area contributed by atoms with Crippen LogP contribution in [0.3, 0.4) is 0 Å². The van der Waals surface area contributed by atoms with Gasteiger partial charge in [-0.1, -0.05) is 30.3 Å². The summed E-state index contributed by atoms with van der Waals surface area (Å²) in [5, 5.41) is 2.09. The number of fused-ring (bicyclic) bond motifs is 3. The third kappa shape index (κ3) is 1.29. The van der Waals surface area contributed by atoms with Gasteiger partial charge in [-0.3, -0.25) is 0 Å². The number of aromatic nitrogens is 2. The van der Waals surface area contributed by atoms with Crippen LogP contribution in [0.4, 0.5) is 0 Å². The van der Waals surface area contributed by atoms with Crippen molar-refractivity contribution in [3.63, 3.8) is 0 Å². The Morgan fingerprint density at radius 1 is 1.12 bits per heavy atom. The Balaban J connectivity index is 1.89. The minimum atomic E-state index is 0.948. The van der Waals surface area contributed by atoms with Crippen molar-refractivity contribution in [2.24, 2.45) is 0 Å². The molecule has 1 aromatic carbocycles. The molecular formula is C14H10N2S. The van der Waals surface area contributed by atoms with Gasteiger partial charge in [-0.2, -0.15) is 0 Å². The van der Waals surface area contributed by atoms with Gasteiger partial charge in [-0.25, -0.2) is 4.98 Å². The first-order valence-corrected chi connectivity index (χ1v) is 6.49. The molecule has 1 aliphatic heterocycles. The van der Waals surface area contributed by atoms with Gasteiger partial charge < -0.3 is 4.57 Å². The van der Waals surface area contributed by atoms with Gasteiger partial charge in [-0.05, 0) is 17.0 Å². The number of benzene rings is 1. The molecule has 0 bridgehead atoms. The van der Waals surface area contributed by atoms with Crippen molar-refractivity contribution in [3.8, 4) is 22.0 Å². The van der Waals surface area contributed by atoms with Crippen LogP contribution in [0.25, 0.3) is 22.0 Å². The Morgan fingerprint density at radius 2 is 2.06 bits per heavy atom. The lowest BCUT2D eigenvalue weighted by molar-refractivity contribution is 0.848. The van der Waals surface area contributed by atoms with E-state index in [0.29, 0.717) is 0 Å². The standard InChI is InChI=1S/C14H10N2S/c1-2-5-11-10(4-1)8-16-9-12(15-14(11)16)13-6-3-7-17-13/h1-7,9H,8H2. The fourth-order valence-electron chi connectivity index (χ4n) is 2.35. The van der Waals surface area contributed by atoms with E-state index in [0.717, 1.165) is 18.1 Å². The predicted molar refractivity (Wildman–Crippen MR) is 70.1 cm³/mol. The van der Waals surface area contributed by atoms with Crippen LogP contribution in [0.15, 0.2) is 48.0 Å². The Bertz CT molecular complexity index is 680. The second-order valence-electron chi connectivity index (χ2n) is 4.21. The van der Waals surface area contributed by atoms with Gasteiger partial charge in [0.2, 0.25) is 0 Å². The van der Waals surface area contributed by atoms with Crippen LogP contribution in [-0.4, -0.2) is 9.55 Å². The summed E-state index contributed by atoms with van der Waals surface area (Å²) >= 11 is 1.74. The van der Waals surface area contributed by atoms with Gasteiger partial charge in [0.1, 0.15) is 5.82 Å². The molecular weight excluding hydrogens is 228 g/mol. The minimum absolute atomic E-state index is 0.948. The zero-order valence-corrected chi connectivity index (χ0v) is 9.95. The summed E-state index contributed by atoms with van der Waals surface area (Å²) in [6.07, 6.45) is 2.15. The van der Waals surface area contributed by atoms with Crippen LogP contribution >= 0.6 is 11.3 Å². The summed E-state index contributed by atoms with van der Waals surface area (Å²) in [6, 6.07) is 12.7. The molecule has 17 heavy (non-hydrogen) atoms. The van der Waals surface area contributed by atoms with E-state index in [4.69, 9.17) is 4.98 Å². The fraction of sp³-hybridized carbons (Fsp3) is 0.0714. The van der Waals surface area contributed by atoms with Crippen LogP contribution in [-0.2, 0) is 6.54 Å². The molecule has 0 saturated carbocycles. The molecule has 0 unspecified atom stereocenters. The van der Waals surface area contributed by atoms with Gasteiger partial charge in [0.25, 0.3) is 0 Å². The summed E-state index contributed by atoms with van der Waals surface area (Å²) in [4.78, 5) is 5.99. The largest absolute Gasteiger partial charge is 0.326 e. The van der Waals surface area contributed by atoms with Crippen molar-refractivity contribution in [2.45, 2.75) is 6.54 Å². The number of thiophene rings is 1. The number of nitrogens with zero attached hydrogens (tertiary/aromatic N) is 2.